The number of amides is 1. The summed E-state index contributed by atoms with van der Waals surface area (Å²) in [7, 11) is 2.09. The largest absolute Gasteiger partial charge is 0.356 e. The van der Waals surface area contributed by atoms with Gasteiger partial charge in [-0.3, -0.25) is 4.79 Å². The first-order valence-electron chi connectivity index (χ1n) is 7.36. The molecule has 1 aromatic rings. The molecule has 1 aliphatic heterocycles. The second kappa shape index (κ2) is 7.39. The molecule has 4 heteroatoms. The molecule has 1 heterocycles. The number of hydrogen-bond acceptors (Lipinski definition) is 2. The van der Waals surface area contributed by atoms with Gasteiger partial charge in [-0.15, -0.1) is 0 Å². The minimum absolute atomic E-state index is 0.178. The molecule has 0 aromatic heterocycles. The zero-order chi connectivity index (χ0) is 14.4. The van der Waals surface area contributed by atoms with E-state index in [4.69, 9.17) is 0 Å². The van der Waals surface area contributed by atoms with Crippen LogP contribution in [0.1, 0.15) is 24.8 Å². The van der Waals surface area contributed by atoms with E-state index in [1.807, 2.05) is 0 Å². The summed E-state index contributed by atoms with van der Waals surface area (Å²) < 4.78 is 12.8. The third kappa shape index (κ3) is 4.60. The lowest BCUT2D eigenvalue weighted by molar-refractivity contribution is -0.126. The summed E-state index contributed by atoms with van der Waals surface area (Å²) in [4.78, 5) is 14.2. The van der Waals surface area contributed by atoms with Crippen molar-refractivity contribution in [2.24, 2.45) is 5.92 Å². The molecule has 2 rings (SSSR count). The van der Waals surface area contributed by atoms with E-state index in [9.17, 15) is 9.18 Å². The van der Waals surface area contributed by atoms with E-state index in [1.54, 1.807) is 12.1 Å². The Hall–Kier alpha value is -1.42. The van der Waals surface area contributed by atoms with Crippen molar-refractivity contribution in [3.8, 4) is 0 Å². The smallest absolute Gasteiger partial charge is 0.223 e. The van der Waals surface area contributed by atoms with Crippen LogP contribution in [-0.2, 0) is 11.2 Å². The maximum atomic E-state index is 12.8. The lowest BCUT2D eigenvalue weighted by atomic mass is 9.96. The van der Waals surface area contributed by atoms with Gasteiger partial charge in [-0.1, -0.05) is 12.1 Å². The van der Waals surface area contributed by atoms with Crippen LogP contribution >= 0.6 is 0 Å². The zero-order valence-corrected chi connectivity index (χ0v) is 12.1. The summed E-state index contributed by atoms with van der Waals surface area (Å²) in [5.74, 6) is 0.165. The molecule has 1 N–H and O–H groups in total. The van der Waals surface area contributed by atoms with E-state index in [2.05, 4.69) is 17.3 Å². The number of carbonyl (C=O) groups excluding carboxylic acids is 1. The summed E-state index contributed by atoms with van der Waals surface area (Å²) >= 11 is 0. The molecule has 20 heavy (non-hydrogen) atoms. The number of likely N-dealkylation sites (tertiary alicyclic amines) is 1. The van der Waals surface area contributed by atoms with Crippen LogP contribution in [0.3, 0.4) is 0 Å². The molecular weight excluding hydrogens is 255 g/mol. The normalized spacial score (nSPS) is 17.1. The summed E-state index contributed by atoms with van der Waals surface area (Å²) in [5, 5.41) is 3.02. The van der Waals surface area contributed by atoms with Crippen LogP contribution in [0.5, 0.6) is 0 Å². The van der Waals surface area contributed by atoms with Crippen LogP contribution in [0.2, 0.25) is 0 Å². The Balaban J connectivity index is 1.63. The fourth-order valence-corrected chi connectivity index (χ4v) is 2.57. The van der Waals surface area contributed by atoms with Gasteiger partial charge >= 0.3 is 0 Å². The number of hydrogen-bond donors (Lipinski definition) is 1. The Morgan fingerprint density at radius 3 is 2.60 bits per heavy atom. The summed E-state index contributed by atoms with van der Waals surface area (Å²) in [6.07, 6.45) is 3.68. The molecule has 0 atom stereocenters. The lowest BCUT2D eigenvalue weighted by Gasteiger charge is -2.28. The van der Waals surface area contributed by atoms with Crippen LogP contribution in [0.25, 0.3) is 0 Å². The third-order valence-electron chi connectivity index (χ3n) is 3.94. The maximum Gasteiger partial charge on any atom is 0.223 e. The van der Waals surface area contributed by atoms with E-state index < -0.39 is 0 Å². The monoisotopic (exact) mass is 278 g/mol. The van der Waals surface area contributed by atoms with Gasteiger partial charge < -0.3 is 10.2 Å². The highest BCUT2D eigenvalue weighted by Gasteiger charge is 2.22. The van der Waals surface area contributed by atoms with Crippen LogP contribution in [0, 0.1) is 11.7 Å². The minimum atomic E-state index is -0.204. The summed E-state index contributed by atoms with van der Waals surface area (Å²) in [6, 6.07) is 6.56. The average molecular weight is 278 g/mol. The van der Waals surface area contributed by atoms with Crippen molar-refractivity contribution in [3.05, 3.63) is 35.6 Å². The highest BCUT2D eigenvalue weighted by molar-refractivity contribution is 5.78. The minimum Gasteiger partial charge on any atom is -0.356 e. The highest BCUT2D eigenvalue weighted by Crippen LogP contribution is 2.15. The summed E-state index contributed by atoms with van der Waals surface area (Å²) in [5.41, 5.74) is 1.11. The Bertz CT molecular complexity index is 425. The number of nitrogens with one attached hydrogen (secondary N) is 1. The lowest BCUT2D eigenvalue weighted by Crippen LogP contribution is -2.39. The number of piperidine rings is 1. The number of nitrogens with zero attached hydrogens (tertiary/aromatic N) is 1. The molecule has 1 saturated heterocycles. The molecule has 3 nitrogen and oxygen atoms in total. The van der Waals surface area contributed by atoms with E-state index in [-0.39, 0.29) is 17.6 Å². The predicted molar refractivity (Wildman–Crippen MR) is 78.0 cm³/mol. The highest BCUT2D eigenvalue weighted by atomic mass is 19.1. The van der Waals surface area contributed by atoms with E-state index in [0.717, 1.165) is 44.3 Å². The second-order valence-corrected chi connectivity index (χ2v) is 5.60. The molecule has 0 unspecified atom stereocenters. The van der Waals surface area contributed by atoms with Gasteiger partial charge in [-0.05, 0) is 63.5 Å². The standard InChI is InChI=1S/C16H23FN2O/c1-19-11-8-14(9-12-19)16(20)18-10-2-3-13-4-6-15(17)7-5-13/h4-7,14H,2-3,8-12H2,1H3,(H,18,20). The second-order valence-electron chi connectivity index (χ2n) is 5.60. The maximum absolute atomic E-state index is 12.8. The molecule has 0 bridgehead atoms. The molecule has 0 aliphatic carbocycles. The first kappa shape index (κ1) is 15.0. The molecule has 0 saturated carbocycles. The van der Waals surface area contributed by atoms with Gasteiger partial charge in [-0.2, -0.15) is 0 Å². The molecule has 0 radical (unpaired) electrons. The molecular formula is C16H23FN2O. The molecule has 1 amide bonds. The number of benzene rings is 1. The quantitative estimate of drug-likeness (QED) is 0.838. The third-order valence-corrected chi connectivity index (χ3v) is 3.94. The number of halogens is 1. The van der Waals surface area contributed by atoms with Crippen LogP contribution < -0.4 is 5.32 Å². The number of carbonyl (C=O) groups is 1. The first-order valence-corrected chi connectivity index (χ1v) is 7.36. The van der Waals surface area contributed by atoms with Crippen molar-refractivity contribution >= 4 is 5.91 Å². The molecule has 1 aromatic carbocycles. The van der Waals surface area contributed by atoms with Gasteiger partial charge in [0.15, 0.2) is 0 Å². The van der Waals surface area contributed by atoms with E-state index in [1.165, 1.54) is 12.1 Å². The van der Waals surface area contributed by atoms with Crippen molar-refractivity contribution in [2.45, 2.75) is 25.7 Å². The average Bonchev–Trinajstić information content (AvgIpc) is 2.46. The Labute approximate surface area is 120 Å². The number of rotatable bonds is 5. The van der Waals surface area contributed by atoms with Gasteiger partial charge in [0.05, 0.1) is 0 Å². The van der Waals surface area contributed by atoms with Crippen molar-refractivity contribution in [2.75, 3.05) is 26.7 Å². The topological polar surface area (TPSA) is 32.3 Å². The first-order chi connectivity index (χ1) is 9.65. The van der Waals surface area contributed by atoms with Crippen molar-refractivity contribution in [1.29, 1.82) is 0 Å². The molecule has 0 spiro atoms. The van der Waals surface area contributed by atoms with Crippen LogP contribution in [0.15, 0.2) is 24.3 Å². The fraction of sp³-hybridized carbons (Fsp3) is 0.562. The van der Waals surface area contributed by atoms with Crippen LogP contribution in [0.4, 0.5) is 4.39 Å². The SMILES string of the molecule is CN1CCC(C(=O)NCCCc2ccc(F)cc2)CC1. The van der Waals surface area contributed by atoms with Gasteiger partial charge in [0, 0.05) is 12.5 Å². The van der Waals surface area contributed by atoms with Crippen molar-refractivity contribution in [1.82, 2.24) is 10.2 Å². The van der Waals surface area contributed by atoms with E-state index >= 15 is 0 Å². The van der Waals surface area contributed by atoms with Crippen LogP contribution in [-0.4, -0.2) is 37.5 Å². The van der Waals surface area contributed by atoms with E-state index in [0.29, 0.717) is 6.54 Å². The van der Waals surface area contributed by atoms with Gasteiger partial charge in [-0.25, -0.2) is 4.39 Å². The fourth-order valence-electron chi connectivity index (χ4n) is 2.57. The Morgan fingerprint density at radius 1 is 1.30 bits per heavy atom. The molecule has 1 fully saturated rings. The van der Waals surface area contributed by atoms with Crippen molar-refractivity contribution < 1.29 is 9.18 Å². The van der Waals surface area contributed by atoms with Gasteiger partial charge in [0.2, 0.25) is 5.91 Å². The molecule has 1 aliphatic rings. The summed E-state index contributed by atoms with van der Waals surface area (Å²) in [6.45, 7) is 2.71. The Kier molecular flexibility index (Phi) is 5.53. The van der Waals surface area contributed by atoms with Gasteiger partial charge in [0.1, 0.15) is 5.82 Å². The van der Waals surface area contributed by atoms with Crippen molar-refractivity contribution in [3.63, 3.8) is 0 Å². The number of aryl methyl sites for hydroxylation is 1. The predicted octanol–water partition coefficient (Wildman–Crippen LogP) is 2.22. The Morgan fingerprint density at radius 2 is 1.95 bits per heavy atom. The van der Waals surface area contributed by atoms with Gasteiger partial charge in [0.25, 0.3) is 0 Å². The zero-order valence-electron chi connectivity index (χ0n) is 12.1. The molecule has 110 valence electrons.